The van der Waals surface area contributed by atoms with Gasteiger partial charge in [-0.2, -0.15) is 0 Å². The summed E-state index contributed by atoms with van der Waals surface area (Å²) in [6, 6.07) is 11.4. The van der Waals surface area contributed by atoms with E-state index in [1.807, 2.05) is 11.3 Å². The van der Waals surface area contributed by atoms with Gasteiger partial charge in [-0.1, -0.05) is 36.8 Å². The molecule has 0 fully saturated rings. The van der Waals surface area contributed by atoms with Crippen molar-refractivity contribution in [2.45, 2.75) is 33.2 Å². The fourth-order valence-corrected chi connectivity index (χ4v) is 3.72. The topological polar surface area (TPSA) is 12.0 Å². The summed E-state index contributed by atoms with van der Waals surface area (Å²) in [6.45, 7) is 7.52. The van der Waals surface area contributed by atoms with Crippen molar-refractivity contribution < 1.29 is 0 Å². The van der Waals surface area contributed by atoms with Gasteiger partial charge in [0.05, 0.1) is 6.04 Å². The summed E-state index contributed by atoms with van der Waals surface area (Å²) in [7, 11) is 0. The summed E-state index contributed by atoms with van der Waals surface area (Å²) in [5, 5.41) is 3.65. The highest BCUT2D eigenvalue weighted by Crippen LogP contribution is 2.33. The minimum atomic E-state index is 0.301. The lowest BCUT2D eigenvalue weighted by atomic mass is 10.0. The van der Waals surface area contributed by atoms with Crippen LogP contribution < -0.4 is 5.32 Å². The normalized spacial score (nSPS) is 12.6. The van der Waals surface area contributed by atoms with Crippen LogP contribution in [0.2, 0.25) is 0 Å². The molecule has 0 amide bonds. The Hall–Kier alpha value is -0.640. The number of hydrogen-bond donors (Lipinski definition) is 1. The second-order valence-electron chi connectivity index (χ2n) is 4.85. The van der Waals surface area contributed by atoms with E-state index in [0.29, 0.717) is 6.04 Å². The van der Waals surface area contributed by atoms with Gasteiger partial charge in [0.25, 0.3) is 0 Å². The van der Waals surface area contributed by atoms with E-state index in [-0.39, 0.29) is 0 Å². The molecule has 1 aromatic carbocycles. The van der Waals surface area contributed by atoms with Crippen LogP contribution >= 0.6 is 27.3 Å². The zero-order valence-electron chi connectivity index (χ0n) is 11.7. The maximum Gasteiger partial charge on any atom is 0.0671 e. The van der Waals surface area contributed by atoms with Crippen LogP contribution in [0, 0.1) is 13.8 Å². The van der Waals surface area contributed by atoms with Crippen molar-refractivity contribution in [2.24, 2.45) is 0 Å². The van der Waals surface area contributed by atoms with Crippen molar-refractivity contribution in [1.82, 2.24) is 5.32 Å². The Balaban J connectivity index is 2.32. The summed E-state index contributed by atoms with van der Waals surface area (Å²) in [5.41, 5.74) is 2.65. The molecule has 1 atom stereocenters. The maximum atomic E-state index is 3.65. The molecule has 2 aromatic rings. The van der Waals surface area contributed by atoms with Crippen LogP contribution in [0.3, 0.4) is 0 Å². The van der Waals surface area contributed by atoms with Crippen LogP contribution in [0.5, 0.6) is 0 Å². The molecule has 0 aliphatic rings. The lowest BCUT2D eigenvalue weighted by Crippen LogP contribution is -2.22. The van der Waals surface area contributed by atoms with E-state index in [0.717, 1.165) is 13.0 Å². The Labute approximate surface area is 128 Å². The average Bonchev–Trinajstić information content (AvgIpc) is 2.72. The summed E-state index contributed by atoms with van der Waals surface area (Å²) in [6.07, 6.45) is 1.15. The van der Waals surface area contributed by atoms with Gasteiger partial charge in [0.15, 0.2) is 0 Å². The van der Waals surface area contributed by atoms with E-state index < -0.39 is 0 Å². The number of thiophene rings is 1. The smallest absolute Gasteiger partial charge is 0.0671 e. The molecule has 1 heterocycles. The fourth-order valence-electron chi connectivity index (χ4n) is 2.05. The number of aryl methyl sites for hydroxylation is 2. The molecular formula is C16H20BrNS. The second kappa shape index (κ2) is 6.69. The first kappa shape index (κ1) is 14.8. The van der Waals surface area contributed by atoms with Crippen LogP contribution in [0.15, 0.2) is 34.8 Å². The molecule has 3 heteroatoms. The third kappa shape index (κ3) is 3.68. The Morgan fingerprint density at radius 2 is 1.89 bits per heavy atom. The lowest BCUT2D eigenvalue weighted by Gasteiger charge is -2.18. The third-order valence-corrected chi connectivity index (χ3v) is 5.37. The first-order valence-electron chi connectivity index (χ1n) is 6.67. The summed E-state index contributed by atoms with van der Waals surface area (Å²) >= 11 is 5.48. The maximum absolute atomic E-state index is 3.65. The molecule has 19 heavy (non-hydrogen) atoms. The monoisotopic (exact) mass is 337 g/mol. The molecule has 1 nitrogen and oxygen atoms in total. The average molecular weight is 338 g/mol. The quantitative estimate of drug-likeness (QED) is 0.788. The van der Waals surface area contributed by atoms with E-state index in [9.17, 15) is 0 Å². The fraction of sp³-hybridized carbons (Fsp3) is 0.375. The van der Waals surface area contributed by atoms with Gasteiger partial charge in [0.2, 0.25) is 0 Å². The largest absolute Gasteiger partial charge is 0.306 e. The Morgan fingerprint density at radius 1 is 1.21 bits per heavy atom. The minimum Gasteiger partial charge on any atom is -0.306 e. The molecule has 0 bridgehead atoms. The second-order valence-corrected chi connectivity index (χ2v) is 6.99. The van der Waals surface area contributed by atoms with Crippen LogP contribution in [-0.4, -0.2) is 6.54 Å². The van der Waals surface area contributed by atoms with Crippen molar-refractivity contribution in [3.8, 4) is 0 Å². The standard InChI is InChI=1S/C16H20BrNS/c1-4-9-18-16(13-7-5-11(2)6-8-13)15-10-14(17)12(3)19-15/h5-8,10,16,18H,4,9H2,1-3H3. The number of nitrogens with one attached hydrogen (secondary N) is 1. The van der Waals surface area contributed by atoms with Gasteiger partial charge in [-0.15, -0.1) is 11.3 Å². The van der Waals surface area contributed by atoms with Crippen molar-refractivity contribution in [1.29, 1.82) is 0 Å². The molecule has 0 saturated heterocycles. The Kier molecular flexibility index (Phi) is 5.20. The van der Waals surface area contributed by atoms with Gasteiger partial charge >= 0.3 is 0 Å². The Morgan fingerprint density at radius 3 is 2.42 bits per heavy atom. The van der Waals surface area contributed by atoms with Crippen LogP contribution in [0.1, 0.15) is 40.3 Å². The van der Waals surface area contributed by atoms with E-state index >= 15 is 0 Å². The highest BCUT2D eigenvalue weighted by Gasteiger charge is 2.16. The molecule has 1 aromatic heterocycles. The molecular weight excluding hydrogens is 318 g/mol. The predicted molar refractivity (Wildman–Crippen MR) is 88.1 cm³/mol. The number of rotatable bonds is 5. The van der Waals surface area contributed by atoms with Gasteiger partial charge in [0, 0.05) is 14.2 Å². The Bertz CT molecular complexity index is 511. The van der Waals surface area contributed by atoms with Crippen LogP contribution in [0.4, 0.5) is 0 Å². The third-order valence-electron chi connectivity index (χ3n) is 3.17. The predicted octanol–water partition coefficient (Wildman–Crippen LogP) is 5.22. The number of hydrogen-bond acceptors (Lipinski definition) is 2. The zero-order valence-corrected chi connectivity index (χ0v) is 14.1. The van der Waals surface area contributed by atoms with Gasteiger partial charge in [-0.25, -0.2) is 0 Å². The number of halogens is 1. The van der Waals surface area contributed by atoms with Crippen LogP contribution in [-0.2, 0) is 0 Å². The van der Waals surface area contributed by atoms with E-state index in [4.69, 9.17) is 0 Å². The van der Waals surface area contributed by atoms with E-state index in [1.54, 1.807) is 0 Å². The summed E-state index contributed by atoms with van der Waals surface area (Å²) in [4.78, 5) is 2.71. The molecule has 0 spiro atoms. The minimum absolute atomic E-state index is 0.301. The number of benzene rings is 1. The van der Waals surface area contributed by atoms with E-state index in [2.05, 4.69) is 72.3 Å². The van der Waals surface area contributed by atoms with Gasteiger partial charge in [-0.3, -0.25) is 0 Å². The van der Waals surface area contributed by atoms with Gasteiger partial charge in [0.1, 0.15) is 0 Å². The lowest BCUT2D eigenvalue weighted by molar-refractivity contribution is 0.605. The van der Waals surface area contributed by atoms with Crippen LogP contribution in [0.25, 0.3) is 0 Å². The summed E-state index contributed by atoms with van der Waals surface area (Å²) < 4.78 is 1.21. The molecule has 1 N–H and O–H groups in total. The molecule has 102 valence electrons. The highest BCUT2D eigenvalue weighted by atomic mass is 79.9. The first-order chi connectivity index (χ1) is 9.11. The first-order valence-corrected chi connectivity index (χ1v) is 8.28. The van der Waals surface area contributed by atoms with Crippen molar-refractivity contribution in [2.75, 3.05) is 6.54 Å². The van der Waals surface area contributed by atoms with Gasteiger partial charge < -0.3 is 5.32 Å². The van der Waals surface area contributed by atoms with Crippen molar-refractivity contribution in [3.63, 3.8) is 0 Å². The summed E-state index contributed by atoms with van der Waals surface area (Å²) in [5.74, 6) is 0. The zero-order chi connectivity index (χ0) is 13.8. The molecule has 1 unspecified atom stereocenters. The highest BCUT2D eigenvalue weighted by molar-refractivity contribution is 9.10. The van der Waals surface area contributed by atoms with Crippen molar-refractivity contribution >= 4 is 27.3 Å². The molecule has 2 rings (SSSR count). The van der Waals surface area contributed by atoms with Gasteiger partial charge in [-0.05, 0) is 54.4 Å². The molecule has 0 saturated carbocycles. The SMILES string of the molecule is CCCNC(c1ccc(C)cc1)c1cc(Br)c(C)s1. The molecule has 0 radical (unpaired) electrons. The molecule has 0 aliphatic heterocycles. The molecule has 0 aliphatic carbocycles. The van der Waals surface area contributed by atoms with Crippen molar-refractivity contribution in [3.05, 3.63) is 55.7 Å². The van der Waals surface area contributed by atoms with E-state index in [1.165, 1.54) is 25.4 Å².